The summed E-state index contributed by atoms with van der Waals surface area (Å²) in [4.78, 5) is 24.5. The third kappa shape index (κ3) is 4.00. The van der Waals surface area contributed by atoms with Crippen molar-refractivity contribution in [2.75, 3.05) is 19.0 Å². The molecule has 25 heavy (non-hydrogen) atoms. The van der Waals surface area contributed by atoms with Gasteiger partial charge in [-0.1, -0.05) is 37.6 Å². The number of carbonyl (C=O) groups excluding carboxylic acids is 1. The lowest BCUT2D eigenvalue weighted by Crippen LogP contribution is -2.31. The number of nitrogens with one attached hydrogen (secondary N) is 1. The number of aliphatic hydroxyl groups excluding tert-OH is 1. The van der Waals surface area contributed by atoms with E-state index in [1.54, 1.807) is 18.2 Å². The largest absolute Gasteiger partial charge is 0.465 e. The lowest BCUT2D eigenvalue weighted by molar-refractivity contribution is 0.0600. The van der Waals surface area contributed by atoms with Crippen LogP contribution in [0.25, 0.3) is 5.69 Å². The Morgan fingerprint density at radius 2 is 2.08 bits per heavy atom. The molecule has 0 spiro atoms. The maximum Gasteiger partial charge on any atom is 0.340 e. The Morgan fingerprint density at radius 3 is 2.68 bits per heavy atom. The summed E-state index contributed by atoms with van der Waals surface area (Å²) in [6, 6.07) is 6.19. The van der Waals surface area contributed by atoms with E-state index in [1.165, 1.54) is 19.4 Å². The molecule has 0 aliphatic carbocycles. The number of aliphatic hydroxyl groups is 1. The molecule has 0 fully saturated rings. The molecule has 134 valence electrons. The summed E-state index contributed by atoms with van der Waals surface area (Å²) in [5, 5.41) is 16.5. The van der Waals surface area contributed by atoms with Gasteiger partial charge in [-0.15, -0.1) is 0 Å². The topological polar surface area (TPSA) is 93.5 Å². The summed E-state index contributed by atoms with van der Waals surface area (Å²) in [6.45, 7) is 3.76. The van der Waals surface area contributed by atoms with E-state index in [1.807, 2.05) is 13.8 Å². The molecule has 0 unspecified atom stereocenters. The Morgan fingerprint density at radius 1 is 1.40 bits per heavy atom. The van der Waals surface area contributed by atoms with Gasteiger partial charge in [0.1, 0.15) is 5.02 Å². The Balaban J connectivity index is 2.49. The SMILES string of the molecule is COC(=O)c1ccccc1-n1ncc(N[C@H](CO)C(C)C)c(Cl)c1=O. The molecular weight excluding hydrogens is 346 g/mol. The summed E-state index contributed by atoms with van der Waals surface area (Å²) >= 11 is 6.19. The molecule has 0 bridgehead atoms. The second-order valence-electron chi connectivity index (χ2n) is 5.78. The van der Waals surface area contributed by atoms with E-state index in [4.69, 9.17) is 16.3 Å². The normalized spacial score (nSPS) is 12.1. The Kier molecular flexibility index (Phi) is 6.17. The number of nitrogens with zero attached hydrogens (tertiary/aromatic N) is 2. The number of methoxy groups -OCH3 is 1. The van der Waals surface area contributed by atoms with Crippen LogP contribution in [-0.2, 0) is 4.74 Å². The monoisotopic (exact) mass is 365 g/mol. The van der Waals surface area contributed by atoms with Gasteiger partial charge < -0.3 is 15.2 Å². The molecule has 0 saturated carbocycles. The fraction of sp³-hybridized carbons (Fsp3) is 0.353. The fourth-order valence-electron chi connectivity index (χ4n) is 2.27. The van der Waals surface area contributed by atoms with E-state index in [9.17, 15) is 14.7 Å². The number of halogens is 1. The van der Waals surface area contributed by atoms with Gasteiger partial charge in [0.05, 0.1) is 42.9 Å². The highest BCUT2D eigenvalue weighted by atomic mass is 35.5. The average molecular weight is 366 g/mol. The zero-order valence-electron chi connectivity index (χ0n) is 14.2. The van der Waals surface area contributed by atoms with Gasteiger partial charge in [0.15, 0.2) is 0 Å². The van der Waals surface area contributed by atoms with Crippen LogP contribution < -0.4 is 10.9 Å². The van der Waals surface area contributed by atoms with Gasteiger partial charge in [0, 0.05) is 0 Å². The molecule has 7 nitrogen and oxygen atoms in total. The van der Waals surface area contributed by atoms with Crippen molar-refractivity contribution in [2.24, 2.45) is 5.92 Å². The Hall–Kier alpha value is -2.38. The van der Waals surface area contributed by atoms with Crippen molar-refractivity contribution in [3.05, 3.63) is 51.4 Å². The summed E-state index contributed by atoms with van der Waals surface area (Å²) in [7, 11) is 1.26. The van der Waals surface area contributed by atoms with Crippen LogP contribution in [0.15, 0.2) is 35.3 Å². The number of aromatic nitrogens is 2. The number of hydrogen-bond acceptors (Lipinski definition) is 6. The van der Waals surface area contributed by atoms with Gasteiger partial charge >= 0.3 is 5.97 Å². The molecule has 1 atom stereocenters. The van der Waals surface area contributed by atoms with Crippen molar-refractivity contribution < 1.29 is 14.6 Å². The number of anilines is 1. The second-order valence-corrected chi connectivity index (χ2v) is 6.15. The minimum atomic E-state index is -0.581. The van der Waals surface area contributed by atoms with Crippen LogP contribution in [0.4, 0.5) is 5.69 Å². The molecule has 0 aliphatic heterocycles. The molecule has 2 aromatic rings. The zero-order valence-corrected chi connectivity index (χ0v) is 14.9. The van der Waals surface area contributed by atoms with E-state index in [2.05, 4.69) is 10.4 Å². The van der Waals surface area contributed by atoms with Gasteiger partial charge in [-0.2, -0.15) is 9.78 Å². The van der Waals surface area contributed by atoms with Gasteiger partial charge in [-0.05, 0) is 18.1 Å². The highest BCUT2D eigenvalue weighted by molar-refractivity contribution is 6.33. The minimum Gasteiger partial charge on any atom is -0.465 e. The summed E-state index contributed by atoms with van der Waals surface area (Å²) < 4.78 is 5.78. The third-order valence-corrected chi connectivity index (χ3v) is 4.16. The first-order valence-electron chi connectivity index (χ1n) is 7.73. The molecule has 0 amide bonds. The number of carbonyl (C=O) groups is 1. The molecule has 1 heterocycles. The van der Waals surface area contributed by atoms with Crippen molar-refractivity contribution >= 4 is 23.3 Å². The first kappa shape index (κ1) is 19.0. The number of rotatable bonds is 6. The fourth-order valence-corrected chi connectivity index (χ4v) is 2.45. The van der Waals surface area contributed by atoms with Crippen LogP contribution >= 0.6 is 11.6 Å². The highest BCUT2D eigenvalue weighted by Crippen LogP contribution is 2.20. The van der Waals surface area contributed by atoms with Crippen LogP contribution in [0, 0.1) is 5.92 Å². The molecule has 0 radical (unpaired) electrons. The third-order valence-electron chi connectivity index (χ3n) is 3.80. The molecule has 1 aromatic heterocycles. The molecule has 0 aliphatic rings. The molecule has 8 heteroatoms. The number of esters is 1. The Bertz CT molecular complexity index is 820. The highest BCUT2D eigenvalue weighted by Gasteiger charge is 2.19. The van der Waals surface area contributed by atoms with Gasteiger partial charge in [0.25, 0.3) is 5.56 Å². The quantitative estimate of drug-likeness (QED) is 0.761. The smallest absolute Gasteiger partial charge is 0.340 e. The molecular formula is C17H20ClN3O4. The predicted molar refractivity (Wildman–Crippen MR) is 95.5 cm³/mol. The summed E-state index contributed by atoms with van der Waals surface area (Å²) in [5.74, 6) is -0.452. The van der Waals surface area contributed by atoms with Gasteiger partial charge in [-0.25, -0.2) is 4.79 Å². The van der Waals surface area contributed by atoms with Gasteiger partial charge in [-0.3, -0.25) is 4.79 Å². The second kappa shape index (κ2) is 8.13. The van der Waals surface area contributed by atoms with E-state index in [0.717, 1.165) is 4.68 Å². The van der Waals surface area contributed by atoms with E-state index in [0.29, 0.717) is 5.69 Å². The van der Waals surface area contributed by atoms with Gasteiger partial charge in [0.2, 0.25) is 0 Å². The van der Waals surface area contributed by atoms with Crippen LogP contribution in [0.3, 0.4) is 0 Å². The van der Waals surface area contributed by atoms with E-state index >= 15 is 0 Å². The molecule has 1 aromatic carbocycles. The van der Waals surface area contributed by atoms with Crippen molar-refractivity contribution in [1.82, 2.24) is 9.78 Å². The number of benzene rings is 1. The zero-order chi connectivity index (χ0) is 18.6. The molecule has 2 rings (SSSR count). The van der Waals surface area contributed by atoms with Crippen molar-refractivity contribution in [1.29, 1.82) is 0 Å². The Labute approximate surface area is 150 Å². The summed E-state index contributed by atoms with van der Waals surface area (Å²) in [6.07, 6.45) is 1.39. The lowest BCUT2D eigenvalue weighted by atomic mass is 10.1. The summed E-state index contributed by atoms with van der Waals surface area (Å²) in [5.41, 5.74) is 0.219. The first-order valence-corrected chi connectivity index (χ1v) is 8.11. The predicted octanol–water partition coefficient (Wildman–Crippen LogP) is 2.10. The maximum absolute atomic E-state index is 12.6. The van der Waals surface area contributed by atoms with Crippen LogP contribution in [0.1, 0.15) is 24.2 Å². The van der Waals surface area contributed by atoms with Crippen LogP contribution in [0.2, 0.25) is 5.02 Å². The molecule has 2 N–H and O–H groups in total. The standard InChI is InChI=1S/C17H20ClN3O4/c1-10(2)13(9-22)20-12-8-19-21(16(23)15(12)18)14-7-5-4-6-11(14)17(24)25-3/h4-8,10,13,20,22H,9H2,1-3H3/t13-/m1/s1. The minimum absolute atomic E-state index is 0.0752. The maximum atomic E-state index is 12.6. The number of ether oxygens (including phenoxy) is 1. The van der Waals surface area contributed by atoms with E-state index in [-0.39, 0.29) is 34.8 Å². The van der Waals surface area contributed by atoms with Crippen molar-refractivity contribution in [2.45, 2.75) is 19.9 Å². The number of hydrogen-bond donors (Lipinski definition) is 2. The average Bonchev–Trinajstić information content (AvgIpc) is 2.62. The lowest BCUT2D eigenvalue weighted by Gasteiger charge is -2.21. The molecule has 0 saturated heterocycles. The number of para-hydroxylation sites is 1. The van der Waals surface area contributed by atoms with Crippen molar-refractivity contribution in [3.8, 4) is 5.69 Å². The first-order chi connectivity index (χ1) is 11.9. The van der Waals surface area contributed by atoms with Crippen LogP contribution in [-0.4, -0.2) is 40.6 Å². The van der Waals surface area contributed by atoms with Crippen LogP contribution in [0.5, 0.6) is 0 Å². The van der Waals surface area contributed by atoms with Crippen molar-refractivity contribution in [3.63, 3.8) is 0 Å². The van der Waals surface area contributed by atoms with E-state index < -0.39 is 11.5 Å².